The second-order valence-corrected chi connectivity index (χ2v) is 2.77. The summed E-state index contributed by atoms with van der Waals surface area (Å²) in [6.07, 6.45) is 0. The molecule has 1 atom stereocenters. The second kappa shape index (κ2) is 3.26. The lowest BCUT2D eigenvalue weighted by atomic mass is 10.0. The maximum atomic E-state index is 8.99. The van der Waals surface area contributed by atoms with E-state index in [9.17, 15) is 0 Å². The third kappa shape index (κ3) is 1.75. The van der Waals surface area contributed by atoms with Crippen LogP contribution in [0.3, 0.4) is 0 Å². The molecule has 1 rings (SSSR count). The zero-order valence-corrected chi connectivity index (χ0v) is 6.91. The zero-order valence-electron chi connectivity index (χ0n) is 6.91. The van der Waals surface area contributed by atoms with Gasteiger partial charge < -0.3 is 10.8 Å². The van der Waals surface area contributed by atoms with Gasteiger partial charge in [-0.15, -0.1) is 0 Å². The summed E-state index contributed by atoms with van der Waals surface area (Å²) in [5, 5.41) is 16.2. The molecule has 3 nitrogen and oxygen atoms in total. The van der Waals surface area contributed by atoms with Crippen LogP contribution < -0.4 is 5.73 Å². The zero-order chi connectivity index (χ0) is 9.14. The van der Waals surface area contributed by atoms with Crippen LogP contribution in [0.2, 0.25) is 0 Å². The minimum absolute atomic E-state index is 0.0781. The SMILES string of the molecule is CC(C(=N)N)c1ccc(O)cc1. The van der Waals surface area contributed by atoms with E-state index in [-0.39, 0.29) is 17.5 Å². The average Bonchev–Trinajstić information content (AvgIpc) is 2.04. The van der Waals surface area contributed by atoms with Gasteiger partial charge >= 0.3 is 0 Å². The third-order valence-corrected chi connectivity index (χ3v) is 1.86. The standard InChI is InChI=1S/C9H12N2O/c1-6(9(10)11)7-2-4-8(12)5-3-7/h2-6,12H,1H3,(H3,10,11). The number of hydrogen-bond acceptors (Lipinski definition) is 2. The van der Waals surface area contributed by atoms with Gasteiger partial charge in [0, 0.05) is 5.92 Å². The highest BCUT2D eigenvalue weighted by Crippen LogP contribution is 2.17. The number of benzene rings is 1. The molecule has 0 aliphatic rings. The van der Waals surface area contributed by atoms with Gasteiger partial charge in [0.1, 0.15) is 5.75 Å². The lowest BCUT2D eigenvalue weighted by Crippen LogP contribution is -2.17. The Labute approximate surface area is 71.3 Å². The van der Waals surface area contributed by atoms with Crippen molar-refractivity contribution < 1.29 is 5.11 Å². The Hall–Kier alpha value is -1.51. The van der Waals surface area contributed by atoms with Crippen LogP contribution in [0.1, 0.15) is 18.4 Å². The highest BCUT2D eigenvalue weighted by Gasteiger charge is 2.07. The summed E-state index contributed by atoms with van der Waals surface area (Å²) in [7, 11) is 0. The molecule has 0 spiro atoms. The van der Waals surface area contributed by atoms with Crippen molar-refractivity contribution in [3.8, 4) is 5.75 Å². The Morgan fingerprint density at radius 1 is 1.42 bits per heavy atom. The molecule has 4 N–H and O–H groups in total. The lowest BCUT2D eigenvalue weighted by molar-refractivity contribution is 0.475. The minimum Gasteiger partial charge on any atom is -0.508 e. The van der Waals surface area contributed by atoms with Gasteiger partial charge in [-0.1, -0.05) is 19.1 Å². The summed E-state index contributed by atoms with van der Waals surface area (Å²) in [4.78, 5) is 0. The molecule has 3 heteroatoms. The van der Waals surface area contributed by atoms with Gasteiger partial charge in [-0.05, 0) is 17.7 Å². The Bertz CT molecular complexity index is 279. The van der Waals surface area contributed by atoms with Crippen molar-refractivity contribution in [3.63, 3.8) is 0 Å². The summed E-state index contributed by atoms with van der Waals surface area (Å²) in [5.41, 5.74) is 6.27. The van der Waals surface area contributed by atoms with Crippen LogP contribution in [0.15, 0.2) is 24.3 Å². The van der Waals surface area contributed by atoms with Gasteiger partial charge in [0.2, 0.25) is 0 Å². The van der Waals surface area contributed by atoms with Crippen molar-refractivity contribution in [2.75, 3.05) is 0 Å². The van der Waals surface area contributed by atoms with Crippen molar-refractivity contribution in [3.05, 3.63) is 29.8 Å². The quantitative estimate of drug-likeness (QED) is 0.457. The van der Waals surface area contributed by atoms with Crippen LogP contribution in [0.25, 0.3) is 0 Å². The van der Waals surface area contributed by atoms with Crippen LogP contribution >= 0.6 is 0 Å². The molecule has 64 valence electrons. The van der Waals surface area contributed by atoms with E-state index in [1.54, 1.807) is 24.3 Å². The minimum atomic E-state index is -0.0781. The fourth-order valence-electron chi connectivity index (χ4n) is 0.943. The maximum absolute atomic E-state index is 8.99. The van der Waals surface area contributed by atoms with Crippen LogP contribution in [0, 0.1) is 5.41 Å². The van der Waals surface area contributed by atoms with Gasteiger partial charge in [0.05, 0.1) is 5.84 Å². The molecule has 0 heterocycles. The van der Waals surface area contributed by atoms with Crippen LogP contribution in [0.4, 0.5) is 0 Å². The van der Waals surface area contributed by atoms with E-state index in [1.807, 2.05) is 6.92 Å². The molecule has 0 aliphatic carbocycles. The van der Waals surface area contributed by atoms with Crippen molar-refractivity contribution in [1.82, 2.24) is 0 Å². The van der Waals surface area contributed by atoms with Gasteiger partial charge in [-0.25, -0.2) is 0 Å². The maximum Gasteiger partial charge on any atom is 0.115 e. The summed E-state index contributed by atoms with van der Waals surface area (Å²) < 4.78 is 0. The first-order chi connectivity index (χ1) is 5.61. The normalized spacial score (nSPS) is 12.4. The predicted octanol–water partition coefficient (Wildman–Crippen LogP) is 1.43. The number of rotatable bonds is 2. The lowest BCUT2D eigenvalue weighted by Gasteiger charge is -2.08. The molecule has 0 bridgehead atoms. The van der Waals surface area contributed by atoms with E-state index in [0.717, 1.165) is 5.56 Å². The predicted molar refractivity (Wildman–Crippen MR) is 48.4 cm³/mol. The van der Waals surface area contributed by atoms with E-state index < -0.39 is 0 Å². The molecular weight excluding hydrogens is 152 g/mol. The Morgan fingerprint density at radius 3 is 2.33 bits per heavy atom. The average molecular weight is 164 g/mol. The molecule has 0 radical (unpaired) electrons. The summed E-state index contributed by atoms with van der Waals surface area (Å²) in [6.45, 7) is 1.86. The highest BCUT2D eigenvalue weighted by atomic mass is 16.3. The summed E-state index contributed by atoms with van der Waals surface area (Å²) in [5.74, 6) is 0.292. The van der Waals surface area contributed by atoms with E-state index in [1.165, 1.54) is 0 Å². The molecule has 0 aliphatic heterocycles. The van der Waals surface area contributed by atoms with Crippen molar-refractivity contribution in [2.45, 2.75) is 12.8 Å². The largest absolute Gasteiger partial charge is 0.508 e. The number of nitrogens with one attached hydrogen (secondary N) is 1. The van der Waals surface area contributed by atoms with Gasteiger partial charge in [0.15, 0.2) is 0 Å². The van der Waals surface area contributed by atoms with Crippen molar-refractivity contribution in [1.29, 1.82) is 5.41 Å². The molecule has 0 saturated carbocycles. The van der Waals surface area contributed by atoms with Crippen molar-refractivity contribution >= 4 is 5.84 Å². The number of hydrogen-bond donors (Lipinski definition) is 3. The first kappa shape index (κ1) is 8.59. The van der Waals surface area contributed by atoms with Crippen molar-refractivity contribution in [2.24, 2.45) is 5.73 Å². The number of amidine groups is 1. The highest BCUT2D eigenvalue weighted by molar-refractivity contribution is 5.84. The van der Waals surface area contributed by atoms with E-state index in [0.29, 0.717) is 0 Å². The second-order valence-electron chi connectivity index (χ2n) is 2.77. The molecule has 0 amide bonds. The fourth-order valence-corrected chi connectivity index (χ4v) is 0.943. The molecular formula is C9H12N2O. The molecule has 12 heavy (non-hydrogen) atoms. The third-order valence-electron chi connectivity index (χ3n) is 1.86. The summed E-state index contributed by atoms with van der Waals surface area (Å²) >= 11 is 0. The van der Waals surface area contributed by atoms with E-state index in [4.69, 9.17) is 16.2 Å². The molecule has 1 aromatic carbocycles. The number of phenols is 1. The van der Waals surface area contributed by atoms with Gasteiger partial charge in [-0.2, -0.15) is 0 Å². The molecule has 1 aromatic rings. The first-order valence-corrected chi connectivity index (χ1v) is 3.74. The topological polar surface area (TPSA) is 70.1 Å². The first-order valence-electron chi connectivity index (χ1n) is 3.74. The number of phenolic OH excluding ortho intramolecular Hbond substituents is 1. The van der Waals surface area contributed by atoms with Gasteiger partial charge in [-0.3, -0.25) is 5.41 Å². The van der Waals surface area contributed by atoms with Crippen LogP contribution in [-0.4, -0.2) is 10.9 Å². The Kier molecular flexibility index (Phi) is 2.33. The monoisotopic (exact) mass is 164 g/mol. The Morgan fingerprint density at radius 2 is 1.92 bits per heavy atom. The van der Waals surface area contributed by atoms with Crippen LogP contribution in [-0.2, 0) is 0 Å². The molecule has 0 fully saturated rings. The van der Waals surface area contributed by atoms with E-state index >= 15 is 0 Å². The Balaban J connectivity index is 2.89. The molecule has 0 aromatic heterocycles. The number of nitrogens with two attached hydrogens (primary N) is 1. The van der Waals surface area contributed by atoms with E-state index in [2.05, 4.69) is 0 Å². The number of aromatic hydroxyl groups is 1. The summed E-state index contributed by atoms with van der Waals surface area (Å²) in [6, 6.07) is 6.71. The fraction of sp³-hybridized carbons (Fsp3) is 0.222. The molecule has 1 unspecified atom stereocenters. The van der Waals surface area contributed by atoms with Gasteiger partial charge in [0.25, 0.3) is 0 Å². The van der Waals surface area contributed by atoms with Crippen LogP contribution in [0.5, 0.6) is 5.75 Å². The molecule has 0 saturated heterocycles. The smallest absolute Gasteiger partial charge is 0.115 e.